The number of benzene rings is 2. The van der Waals surface area contributed by atoms with Crippen LogP contribution in [0.1, 0.15) is 6.42 Å². The molecular weight excluding hydrogens is 262 g/mol. The number of hydrogen-bond acceptors (Lipinski definition) is 2. The Kier molecular flexibility index (Phi) is 4.65. The van der Waals surface area contributed by atoms with Crippen LogP contribution < -0.4 is 10.6 Å². The van der Waals surface area contributed by atoms with Gasteiger partial charge in [-0.15, -0.1) is 0 Å². The Morgan fingerprint density at radius 3 is 2.40 bits per heavy atom. The van der Waals surface area contributed by atoms with Crippen molar-refractivity contribution in [3.63, 3.8) is 0 Å². The largest absolute Gasteiger partial charge is 0.385 e. The minimum Gasteiger partial charge on any atom is -0.385 e. The normalized spacial score (nSPS) is 10.1. The first-order valence-corrected chi connectivity index (χ1v) is 6.18. The van der Waals surface area contributed by atoms with Crippen LogP contribution in [-0.4, -0.2) is 12.5 Å². The molecule has 0 saturated carbocycles. The highest BCUT2D eigenvalue weighted by Gasteiger charge is 2.03. The van der Waals surface area contributed by atoms with Crippen molar-refractivity contribution in [2.24, 2.45) is 0 Å². The van der Waals surface area contributed by atoms with Gasteiger partial charge in [0.1, 0.15) is 11.6 Å². The summed E-state index contributed by atoms with van der Waals surface area (Å²) in [6, 6.07) is 11.6. The highest BCUT2D eigenvalue weighted by atomic mass is 19.1. The fourth-order valence-corrected chi connectivity index (χ4v) is 1.68. The molecule has 2 rings (SSSR count). The Morgan fingerprint density at radius 2 is 1.70 bits per heavy atom. The standard InChI is InChI=1S/C15H14F2N2O/c16-11-4-6-13(7-5-11)18-9-8-15(20)19-14-3-1-2-12(17)10-14/h1-7,10,18H,8-9H2,(H,19,20). The van der Waals surface area contributed by atoms with E-state index < -0.39 is 5.82 Å². The highest BCUT2D eigenvalue weighted by molar-refractivity contribution is 5.90. The van der Waals surface area contributed by atoms with Crippen molar-refractivity contribution in [1.29, 1.82) is 0 Å². The minimum atomic E-state index is -0.396. The van der Waals surface area contributed by atoms with E-state index in [1.807, 2.05) is 0 Å². The zero-order valence-corrected chi connectivity index (χ0v) is 10.7. The lowest BCUT2D eigenvalue weighted by Gasteiger charge is -2.07. The second kappa shape index (κ2) is 6.65. The third-order valence-corrected chi connectivity index (χ3v) is 2.63. The Labute approximate surface area is 115 Å². The van der Waals surface area contributed by atoms with Gasteiger partial charge < -0.3 is 10.6 Å². The van der Waals surface area contributed by atoms with Gasteiger partial charge in [0.2, 0.25) is 5.91 Å². The van der Waals surface area contributed by atoms with Crippen molar-refractivity contribution in [3.8, 4) is 0 Å². The number of rotatable bonds is 5. The Bertz CT molecular complexity index is 585. The molecule has 0 aliphatic carbocycles. The molecule has 2 aromatic carbocycles. The van der Waals surface area contributed by atoms with E-state index in [4.69, 9.17) is 0 Å². The summed E-state index contributed by atoms with van der Waals surface area (Å²) in [5.41, 5.74) is 1.17. The van der Waals surface area contributed by atoms with Crippen LogP contribution in [0.5, 0.6) is 0 Å². The average molecular weight is 276 g/mol. The lowest BCUT2D eigenvalue weighted by atomic mass is 10.3. The van der Waals surface area contributed by atoms with E-state index in [2.05, 4.69) is 10.6 Å². The first kappa shape index (κ1) is 14.0. The van der Waals surface area contributed by atoms with Crippen LogP contribution in [0, 0.1) is 11.6 Å². The third-order valence-electron chi connectivity index (χ3n) is 2.63. The number of nitrogens with one attached hydrogen (secondary N) is 2. The number of anilines is 2. The molecule has 0 aliphatic heterocycles. The van der Waals surface area contributed by atoms with Crippen LogP contribution in [0.4, 0.5) is 20.2 Å². The molecular formula is C15H14F2N2O. The highest BCUT2D eigenvalue weighted by Crippen LogP contribution is 2.10. The van der Waals surface area contributed by atoms with E-state index in [1.54, 1.807) is 18.2 Å². The molecule has 0 heterocycles. The van der Waals surface area contributed by atoms with E-state index in [1.165, 1.54) is 30.3 Å². The van der Waals surface area contributed by atoms with Gasteiger partial charge >= 0.3 is 0 Å². The Morgan fingerprint density at radius 1 is 0.950 bits per heavy atom. The van der Waals surface area contributed by atoms with Crippen LogP contribution in [0.3, 0.4) is 0 Å². The van der Waals surface area contributed by atoms with Crippen LogP contribution in [-0.2, 0) is 4.79 Å². The molecule has 1 amide bonds. The zero-order valence-electron chi connectivity index (χ0n) is 10.7. The quantitative estimate of drug-likeness (QED) is 0.878. The van der Waals surface area contributed by atoms with Crippen LogP contribution >= 0.6 is 0 Å². The first-order valence-electron chi connectivity index (χ1n) is 6.18. The second-order valence-corrected chi connectivity index (χ2v) is 4.24. The van der Waals surface area contributed by atoms with Gasteiger partial charge in [0.25, 0.3) is 0 Å². The lowest BCUT2D eigenvalue weighted by molar-refractivity contribution is -0.115. The molecule has 3 nitrogen and oxygen atoms in total. The van der Waals surface area contributed by atoms with Gasteiger partial charge in [-0.05, 0) is 42.5 Å². The summed E-state index contributed by atoms with van der Waals surface area (Å²) >= 11 is 0. The van der Waals surface area contributed by atoms with E-state index in [0.717, 1.165) is 5.69 Å². The van der Waals surface area contributed by atoms with E-state index in [-0.39, 0.29) is 18.1 Å². The maximum Gasteiger partial charge on any atom is 0.226 e. The fourth-order valence-electron chi connectivity index (χ4n) is 1.68. The maximum atomic E-state index is 12.9. The molecule has 0 unspecified atom stereocenters. The molecule has 5 heteroatoms. The van der Waals surface area contributed by atoms with Gasteiger partial charge in [-0.1, -0.05) is 6.07 Å². The van der Waals surface area contributed by atoms with Crippen molar-refractivity contribution in [3.05, 3.63) is 60.2 Å². The SMILES string of the molecule is O=C(CCNc1ccc(F)cc1)Nc1cccc(F)c1. The van der Waals surface area contributed by atoms with Gasteiger partial charge in [0.15, 0.2) is 0 Å². The number of carbonyl (C=O) groups is 1. The molecule has 0 fully saturated rings. The van der Waals surface area contributed by atoms with Crippen molar-refractivity contribution < 1.29 is 13.6 Å². The van der Waals surface area contributed by atoms with Gasteiger partial charge in [-0.2, -0.15) is 0 Å². The van der Waals surface area contributed by atoms with Crippen LogP contribution in [0.2, 0.25) is 0 Å². The monoisotopic (exact) mass is 276 g/mol. The predicted octanol–water partition coefficient (Wildman–Crippen LogP) is 3.41. The first-order chi connectivity index (χ1) is 9.63. The molecule has 104 valence electrons. The summed E-state index contributed by atoms with van der Waals surface area (Å²) in [6.07, 6.45) is 0.230. The van der Waals surface area contributed by atoms with Crippen molar-refractivity contribution >= 4 is 17.3 Å². The molecule has 0 radical (unpaired) electrons. The van der Waals surface area contributed by atoms with Gasteiger partial charge in [0.05, 0.1) is 0 Å². The Hall–Kier alpha value is -2.43. The topological polar surface area (TPSA) is 41.1 Å². The molecule has 0 atom stereocenters. The zero-order chi connectivity index (χ0) is 14.4. The molecule has 0 saturated heterocycles. The summed E-state index contributed by atoms with van der Waals surface area (Å²) in [7, 11) is 0. The molecule has 20 heavy (non-hydrogen) atoms. The van der Waals surface area contributed by atoms with Crippen molar-refractivity contribution in [2.45, 2.75) is 6.42 Å². The molecule has 2 N–H and O–H groups in total. The van der Waals surface area contributed by atoms with E-state index in [0.29, 0.717) is 12.2 Å². The van der Waals surface area contributed by atoms with Crippen LogP contribution in [0.15, 0.2) is 48.5 Å². The number of halogens is 2. The Balaban J connectivity index is 1.76. The molecule has 0 aliphatic rings. The van der Waals surface area contributed by atoms with Crippen LogP contribution in [0.25, 0.3) is 0 Å². The van der Waals surface area contributed by atoms with E-state index in [9.17, 15) is 13.6 Å². The van der Waals surface area contributed by atoms with E-state index >= 15 is 0 Å². The maximum absolute atomic E-state index is 12.9. The average Bonchev–Trinajstić information content (AvgIpc) is 2.41. The summed E-state index contributed by atoms with van der Waals surface area (Å²) in [5.74, 6) is -0.920. The molecule has 0 spiro atoms. The van der Waals surface area contributed by atoms with Gasteiger partial charge in [0, 0.05) is 24.3 Å². The number of carbonyl (C=O) groups excluding carboxylic acids is 1. The predicted molar refractivity (Wildman–Crippen MR) is 74.5 cm³/mol. The van der Waals surface area contributed by atoms with Gasteiger partial charge in [-0.25, -0.2) is 8.78 Å². The summed E-state index contributed by atoms with van der Waals surface area (Å²) in [5, 5.41) is 5.60. The van der Waals surface area contributed by atoms with Crippen molar-refractivity contribution in [2.75, 3.05) is 17.2 Å². The molecule has 0 aromatic heterocycles. The minimum absolute atomic E-state index is 0.217. The third kappa shape index (κ3) is 4.35. The number of hydrogen-bond donors (Lipinski definition) is 2. The van der Waals surface area contributed by atoms with Crippen molar-refractivity contribution in [1.82, 2.24) is 0 Å². The lowest BCUT2D eigenvalue weighted by Crippen LogP contribution is -2.16. The molecule has 2 aromatic rings. The summed E-state index contributed by atoms with van der Waals surface area (Å²) < 4.78 is 25.6. The second-order valence-electron chi connectivity index (χ2n) is 4.24. The molecule has 0 bridgehead atoms. The van der Waals surface area contributed by atoms with Gasteiger partial charge in [-0.3, -0.25) is 4.79 Å². The fraction of sp³-hybridized carbons (Fsp3) is 0.133. The smallest absolute Gasteiger partial charge is 0.226 e. The number of amides is 1. The summed E-state index contributed by atoms with van der Waals surface area (Å²) in [6.45, 7) is 0.410. The summed E-state index contributed by atoms with van der Waals surface area (Å²) in [4.78, 5) is 11.6.